The molecular weight excluding hydrogens is 336 g/mol. The third-order valence-electron chi connectivity index (χ3n) is 3.30. The van der Waals surface area contributed by atoms with Gasteiger partial charge in [-0.15, -0.1) is 10.2 Å². The number of halogens is 1. The highest BCUT2D eigenvalue weighted by Crippen LogP contribution is 2.25. The van der Waals surface area contributed by atoms with Gasteiger partial charge in [0, 0.05) is 30.5 Å². The molecule has 6 nitrogen and oxygen atoms in total. The summed E-state index contributed by atoms with van der Waals surface area (Å²) in [6.07, 6.45) is 0.648. The van der Waals surface area contributed by atoms with Gasteiger partial charge in [0.25, 0.3) is 0 Å². The first-order chi connectivity index (χ1) is 10.9. The zero-order valence-corrected chi connectivity index (χ0v) is 14.4. The summed E-state index contributed by atoms with van der Waals surface area (Å²) in [5.41, 5.74) is 5.74. The minimum atomic E-state index is -0.381. The van der Waals surface area contributed by atoms with Gasteiger partial charge in [0.05, 0.1) is 5.25 Å². The number of aromatic nitrogens is 3. The van der Waals surface area contributed by atoms with Gasteiger partial charge in [-0.1, -0.05) is 23.4 Å². The number of carbonyl (C=O) groups excluding carboxylic acids is 2. The lowest BCUT2D eigenvalue weighted by Crippen LogP contribution is -2.15. The van der Waals surface area contributed by atoms with Gasteiger partial charge in [0.2, 0.25) is 5.91 Å². The molecule has 1 heterocycles. The average molecular weight is 353 g/mol. The summed E-state index contributed by atoms with van der Waals surface area (Å²) in [5.74, 6) is 0.277. The number of ketones is 1. The monoisotopic (exact) mass is 352 g/mol. The Balaban J connectivity index is 2.05. The Morgan fingerprint density at radius 3 is 2.57 bits per heavy atom. The molecule has 0 bridgehead atoms. The fourth-order valence-corrected chi connectivity index (χ4v) is 3.00. The number of aryl methyl sites for hydroxylation is 1. The molecule has 0 fully saturated rings. The molecular formula is C15H17ClN4O2S. The van der Waals surface area contributed by atoms with Crippen molar-refractivity contribution in [1.29, 1.82) is 0 Å². The maximum Gasteiger partial charge on any atom is 0.217 e. The van der Waals surface area contributed by atoms with Gasteiger partial charge in [0.1, 0.15) is 5.82 Å². The molecule has 8 heteroatoms. The predicted molar refractivity (Wildman–Crippen MR) is 89.6 cm³/mol. The van der Waals surface area contributed by atoms with E-state index in [9.17, 15) is 9.59 Å². The van der Waals surface area contributed by atoms with Crippen molar-refractivity contribution < 1.29 is 9.59 Å². The molecule has 0 saturated carbocycles. The van der Waals surface area contributed by atoms with Crippen molar-refractivity contribution >= 4 is 35.1 Å². The van der Waals surface area contributed by atoms with E-state index in [-0.39, 0.29) is 23.4 Å². The average Bonchev–Trinajstić information content (AvgIpc) is 2.85. The van der Waals surface area contributed by atoms with Crippen molar-refractivity contribution in [2.24, 2.45) is 12.8 Å². The summed E-state index contributed by atoms with van der Waals surface area (Å²) in [6.45, 7) is 1.82. The molecule has 1 aromatic heterocycles. The van der Waals surface area contributed by atoms with Gasteiger partial charge in [-0.2, -0.15) is 0 Å². The Morgan fingerprint density at radius 1 is 1.30 bits per heavy atom. The van der Waals surface area contributed by atoms with E-state index < -0.39 is 0 Å². The zero-order chi connectivity index (χ0) is 17.0. The third-order valence-corrected chi connectivity index (χ3v) is 4.69. The Hall–Kier alpha value is -1.86. The van der Waals surface area contributed by atoms with Gasteiger partial charge < -0.3 is 10.3 Å². The summed E-state index contributed by atoms with van der Waals surface area (Å²) in [4.78, 5) is 23.3. The molecule has 2 aromatic rings. The Labute approximate surface area is 143 Å². The van der Waals surface area contributed by atoms with Gasteiger partial charge in [-0.3, -0.25) is 9.59 Å². The Bertz CT molecular complexity index is 715. The number of rotatable bonds is 7. The van der Waals surface area contributed by atoms with Crippen molar-refractivity contribution in [2.45, 2.75) is 30.2 Å². The van der Waals surface area contributed by atoms with Crippen molar-refractivity contribution in [3.05, 3.63) is 40.7 Å². The SMILES string of the molecule is C[C@H](Sc1nnc(CCC(N)=O)n1C)C(=O)c1ccc(Cl)cc1. The molecule has 0 aliphatic carbocycles. The maximum absolute atomic E-state index is 12.4. The molecule has 1 amide bonds. The number of primary amides is 1. The van der Waals surface area contributed by atoms with Crippen LogP contribution in [-0.2, 0) is 18.3 Å². The van der Waals surface area contributed by atoms with Crippen molar-refractivity contribution in [2.75, 3.05) is 0 Å². The van der Waals surface area contributed by atoms with E-state index in [1.54, 1.807) is 35.9 Å². The van der Waals surface area contributed by atoms with Crippen LogP contribution < -0.4 is 5.73 Å². The van der Waals surface area contributed by atoms with E-state index in [1.807, 2.05) is 6.92 Å². The second-order valence-electron chi connectivity index (χ2n) is 5.06. The van der Waals surface area contributed by atoms with Crippen LogP contribution >= 0.6 is 23.4 Å². The predicted octanol–water partition coefficient (Wildman–Crippen LogP) is 2.25. The lowest BCUT2D eigenvalue weighted by Gasteiger charge is -2.10. The van der Waals surface area contributed by atoms with Crippen LogP contribution in [0.5, 0.6) is 0 Å². The zero-order valence-electron chi connectivity index (χ0n) is 12.8. The molecule has 23 heavy (non-hydrogen) atoms. The molecule has 1 atom stereocenters. The number of Topliss-reactive ketones (excluding diaryl/α,β-unsaturated/α-hetero) is 1. The standard InChI is InChI=1S/C15H17ClN4O2S/c1-9(14(22)10-3-5-11(16)6-4-10)23-15-19-18-13(20(15)2)8-7-12(17)21/h3-6,9H,7-8H2,1-2H3,(H2,17,21)/t9-/m0/s1. The highest BCUT2D eigenvalue weighted by atomic mass is 35.5. The minimum absolute atomic E-state index is 0.00615. The first-order valence-electron chi connectivity index (χ1n) is 7.01. The number of nitrogens with two attached hydrogens (primary N) is 1. The third kappa shape index (κ3) is 4.56. The largest absolute Gasteiger partial charge is 0.370 e. The molecule has 122 valence electrons. The Morgan fingerprint density at radius 2 is 1.96 bits per heavy atom. The molecule has 1 aromatic carbocycles. The number of hydrogen-bond acceptors (Lipinski definition) is 5. The summed E-state index contributed by atoms with van der Waals surface area (Å²) < 4.78 is 1.78. The van der Waals surface area contributed by atoms with Crippen LogP contribution in [0.4, 0.5) is 0 Å². The molecule has 0 spiro atoms. The second-order valence-corrected chi connectivity index (χ2v) is 6.80. The Kier molecular flexibility index (Phi) is 5.79. The number of carbonyl (C=O) groups is 2. The number of amides is 1. The molecule has 0 unspecified atom stereocenters. The quantitative estimate of drug-likeness (QED) is 0.609. The van der Waals surface area contributed by atoms with Crippen LogP contribution in [0.1, 0.15) is 29.5 Å². The van der Waals surface area contributed by atoms with Gasteiger partial charge >= 0.3 is 0 Å². The van der Waals surface area contributed by atoms with Crippen LogP contribution in [0.25, 0.3) is 0 Å². The lowest BCUT2D eigenvalue weighted by molar-refractivity contribution is -0.118. The molecule has 0 aliphatic rings. The molecule has 2 rings (SSSR count). The summed E-state index contributed by atoms with van der Waals surface area (Å²) in [7, 11) is 1.80. The van der Waals surface area contributed by atoms with Gasteiger partial charge in [0.15, 0.2) is 10.9 Å². The van der Waals surface area contributed by atoms with E-state index in [1.165, 1.54) is 11.8 Å². The highest BCUT2D eigenvalue weighted by molar-refractivity contribution is 8.00. The molecule has 0 aliphatic heterocycles. The van der Waals surface area contributed by atoms with E-state index >= 15 is 0 Å². The molecule has 0 radical (unpaired) electrons. The molecule has 0 saturated heterocycles. The topological polar surface area (TPSA) is 90.9 Å². The van der Waals surface area contributed by atoms with Crippen LogP contribution in [0, 0.1) is 0 Å². The number of benzene rings is 1. The van der Waals surface area contributed by atoms with Crippen LogP contribution in [0.15, 0.2) is 29.4 Å². The van der Waals surface area contributed by atoms with Crippen LogP contribution in [0.3, 0.4) is 0 Å². The van der Waals surface area contributed by atoms with E-state index in [0.29, 0.717) is 28.0 Å². The fraction of sp³-hybridized carbons (Fsp3) is 0.333. The number of thioether (sulfide) groups is 1. The highest BCUT2D eigenvalue weighted by Gasteiger charge is 2.20. The van der Waals surface area contributed by atoms with Crippen LogP contribution in [0.2, 0.25) is 5.02 Å². The van der Waals surface area contributed by atoms with Gasteiger partial charge in [-0.25, -0.2) is 0 Å². The summed E-state index contributed by atoms with van der Waals surface area (Å²) in [5, 5.41) is 9.01. The van der Waals surface area contributed by atoms with Gasteiger partial charge in [-0.05, 0) is 31.2 Å². The first kappa shape index (κ1) is 17.5. The summed E-state index contributed by atoms with van der Waals surface area (Å²) >= 11 is 7.15. The van der Waals surface area contributed by atoms with Crippen molar-refractivity contribution in [3.8, 4) is 0 Å². The lowest BCUT2D eigenvalue weighted by atomic mass is 10.1. The van der Waals surface area contributed by atoms with Crippen molar-refractivity contribution in [1.82, 2.24) is 14.8 Å². The summed E-state index contributed by atoms with van der Waals surface area (Å²) in [6, 6.07) is 6.79. The molecule has 2 N–H and O–H groups in total. The van der Waals surface area contributed by atoms with E-state index in [0.717, 1.165) is 0 Å². The van der Waals surface area contributed by atoms with E-state index in [4.69, 9.17) is 17.3 Å². The van der Waals surface area contributed by atoms with Crippen molar-refractivity contribution in [3.63, 3.8) is 0 Å². The fourth-order valence-electron chi connectivity index (χ4n) is 1.96. The normalized spacial score (nSPS) is 12.1. The smallest absolute Gasteiger partial charge is 0.217 e. The second kappa shape index (κ2) is 7.61. The van der Waals surface area contributed by atoms with E-state index in [2.05, 4.69) is 10.2 Å². The first-order valence-corrected chi connectivity index (χ1v) is 8.27. The number of nitrogens with zero attached hydrogens (tertiary/aromatic N) is 3. The maximum atomic E-state index is 12.4. The van der Waals surface area contributed by atoms with Crippen LogP contribution in [-0.4, -0.2) is 31.7 Å². The number of hydrogen-bond donors (Lipinski definition) is 1. The minimum Gasteiger partial charge on any atom is -0.370 e.